The number of aryl methyl sites for hydroxylation is 1. The molecular weight excluding hydrogens is 164 g/mol. The van der Waals surface area contributed by atoms with Gasteiger partial charge in [0, 0.05) is 22.7 Å². The number of H-pyrrole nitrogens is 1. The molecule has 0 aliphatic heterocycles. The third kappa shape index (κ3) is 1.18. The van der Waals surface area contributed by atoms with E-state index in [9.17, 15) is 0 Å². The van der Waals surface area contributed by atoms with Gasteiger partial charge in [0.2, 0.25) is 0 Å². The molecule has 0 aliphatic carbocycles. The normalized spacial score (nSPS) is 11.5. The summed E-state index contributed by atoms with van der Waals surface area (Å²) in [5.74, 6) is 0. The number of rotatable bonds is 1. The number of hydrogen-bond donors (Lipinski definition) is 2. The number of para-hydroxylation sites is 1. The number of hydrogen-bond acceptors (Lipinski definition) is 2. The Balaban J connectivity index is 2.75. The summed E-state index contributed by atoms with van der Waals surface area (Å²) in [6, 6.07) is 6.02. The Labute approximate surface area is 75.7 Å². The number of nitrogens with one attached hydrogen (secondary N) is 1. The van der Waals surface area contributed by atoms with Crippen LogP contribution in [0.5, 0.6) is 0 Å². The zero-order valence-electron chi connectivity index (χ0n) is 7.28. The molecule has 2 rings (SSSR count). The summed E-state index contributed by atoms with van der Waals surface area (Å²) in [5, 5.41) is 12.5. The largest absolute Gasteiger partial charge is 0.411 e. The number of aromatic amines is 1. The highest BCUT2D eigenvalue weighted by Gasteiger charge is 2.02. The van der Waals surface area contributed by atoms with Crippen molar-refractivity contribution in [3.63, 3.8) is 0 Å². The maximum Gasteiger partial charge on any atom is 0.0755 e. The standard InChI is InChI=1S/C10H10N2O/c1-7-3-2-4-9-8(6-12-13)5-11-10(7)9/h2-6,11,13H,1H3. The van der Waals surface area contributed by atoms with Crippen molar-refractivity contribution >= 4 is 17.1 Å². The third-order valence-corrected chi connectivity index (χ3v) is 2.15. The summed E-state index contributed by atoms with van der Waals surface area (Å²) in [5.41, 5.74) is 3.19. The van der Waals surface area contributed by atoms with Gasteiger partial charge in [0.25, 0.3) is 0 Å². The quantitative estimate of drug-likeness (QED) is 0.389. The second-order valence-corrected chi connectivity index (χ2v) is 2.99. The van der Waals surface area contributed by atoms with Gasteiger partial charge in [-0.1, -0.05) is 23.4 Å². The number of oxime groups is 1. The molecular formula is C10H10N2O. The van der Waals surface area contributed by atoms with Crippen molar-refractivity contribution in [1.82, 2.24) is 4.98 Å². The van der Waals surface area contributed by atoms with Gasteiger partial charge >= 0.3 is 0 Å². The summed E-state index contributed by atoms with van der Waals surface area (Å²) in [4.78, 5) is 3.14. The maximum absolute atomic E-state index is 8.42. The van der Waals surface area contributed by atoms with Crippen LogP contribution in [-0.4, -0.2) is 16.4 Å². The molecule has 0 atom stereocenters. The van der Waals surface area contributed by atoms with Gasteiger partial charge in [-0.05, 0) is 12.5 Å². The molecule has 0 saturated carbocycles. The van der Waals surface area contributed by atoms with Crippen molar-refractivity contribution < 1.29 is 5.21 Å². The number of nitrogens with zero attached hydrogens (tertiary/aromatic N) is 1. The van der Waals surface area contributed by atoms with Crippen molar-refractivity contribution in [2.75, 3.05) is 0 Å². The van der Waals surface area contributed by atoms with E-state index < -0.39 is 0 Å². The number of benzene rings is 1. The second kappa shape index (κ2) is 2.94. The van der Waals surface area contributed by atoms with Crippen molar-refractivity contribution in [2.24, 2.45) is 5.16 Å². The lowest BCUT2D eigenvalue weighted by Crippen LogP contribution is -1.78. The predicted octanol–water partition coefficient (Wildman–Crippen LogP) is 2.28. The Hall–Kier alpha value is -1.77. The minimum Gasteiger partial charge on any atom is -0.411 e. The van der Waals surface area contributed by atoms with Gasteiger partial charge in [-0.3, -0.25) is 0 Å². The zero-order chi connectivity index (χ0) is 9.26. The fourth-order valence-electron chi connectivity index (χ4n) is 1.50. The van der Waals surface area contributed by atoms with Crippen LogP contribution < -0.4 is 0 Å². The second-order valence-electron chi connectivity index (χ2n) is 2.99. The van der Waals surface area contributed by atoms with Crippen molar-refractivity contribution in [3.8, 4) is 0 Å². The van der Waals surface area contributed by atoms with E-state index in [1.54, 1.807) is 0 Å². The fourth-order valence-corrected chi connectivity index (χ4v) is 1.50. The highest BCUT2D eigenvalue weighted by atomic mass is 16.4. The molecule has 0 fully saturated rings. The monoisotopic (exact) mass is 174 g/mol. The van der Waals surface area contributed by atoms with Crippen LogP contribution in [-0.2, 0) is 0 Å². The van der Waals surface area contributed by atoms with Gasteiger partial charge in [-0.25, -0.2) is 0 Å². The van der Waals surface area contributed by atoms with Crippen LogP contribution in [0, 0.1) is 6.92 Å². The Morgan fingerprint density at radius 1 is 1.46 bits per heavy atom. The molecule has 0 radical (unpaired) electrons. The highest BCUT2D eigenvalue weighted by Crippen LogP contribution is 2.19. The SMILES string of the molecule is Cc1cccc2c(C=NO)c[nH]c12. The van der Waals surface area contributed by atoms with Crippen LogP contribution in [0.1, 0.15) is 11.1 Å². The molecule has 0 aliphatic rings. The summed E-state index contributed by atoms with van der Waals surface area (Å²) in [6.07, 6.45) is 3.26. The van der Waals surface area contributed by atoms with Crippen molar-refractivity contribution in [1.29, 1.82) is 0 Å². The molecule has 1 aromatic heterocycles. The summed E-state index contributed by atoms with van der Waals surface area (Å²) in [6.45, 7) is 2.04. The van der Waals surface area contributed by atoms with E-state index in [1.807, 2.05) is 31.3 Å². The lowest BCUT2D eigenvalue weighted by Gasteiger charge is -1.94. The van der Waals surface area contributed by atoms with E-state index in [1.165, 1.54) is 11.8 Å². The van der Waals surface area contributed by atoms with Gasteiger partial charge in [0.05, 0.1) is 6.21 Å². The molecule has 0 amide bonds. The van der Waals surface area contributed by atoms with E-state index in [4.69, 9.17) is 5.21 Å². The summed E-state index contributed by atoms with van der Waals surface area (Å²) in [7, 11) is 0. The molecule has 2 aromatic rings. The minimum atomic E-state index is 0.904. The molecule has 1 heterocycles. The molecule has 66 valence electrons. The van der Waals surface area contributed by atoms with Gasteiger partial charge in [0.1, 0.15) is 0 Å². The molecule has 3 nitrogen and oxygen atoms in total. The van der Waals surface area contributed by atoms with Gasteiger partial charge in [-0.2, -0.15) is 0 Å². The number of fused-ring (bicyclic) bond motifs is 1. The summed E-state index contributed by atoms with van der Waals surface area (Å²) >= 11 is 0. The first kappa shape index (κ1) is 7.86. The molecule has 0 unspecified atom stereocenters. The molecule has 13 heavy (non-hydrogen) atoms. The fraction of sp³-hybridized carbons (Fsp3) is 0.100. The van der Waals surface area contributed by atoms with Gasteiger partial charge < -0.3 is 10.2 Å². The Morgan fingerprint density at radius 2 is 2.31 bits per heavy atom. The molecule has 3 heteroatoms. The molecule has 2 N–H and O–H groups in total. The van der Waals surface area contributed by atoms with Crippen molar-refractivity contribution in [2.45, 2.75) is 6.92 Å². The van der Waals surface area contributed by atoms with E-state index in [0.717, 1.165) is 16.5 Å². The van der Waals surface area contributed by atoms with E-state index in [0.29, 0.717) is 0 Å². The van der Waals surface area contributed by atoms with Crippen LogP contribution in [0.3, 0.4) is 0 Å². The van der Waals surface area contributed by atoms with Crippen LogP contribution >= 0.6 is 0 Å². The Kier molecular flexibility index (Phi) is 1.77. The number of aromatic nitrogens is 1. The van der Waals surface area contributed by atoms with Gasteiger partial charge in [0.15, 0.2) is 0 Å². The molecule has 0 saturated heterocycles. The van der Waals surface area contributed by atoms with Gasteiger partial charge in [-0.15, -0.1) is 0 Å². The topological polar surface area (TPSA) is 48.4 Å². The van der Waals surface area contributed by atoms with E-state index >= 15 is 0 Å². The Bertz CT molecular complexity index is 457. The first-order valence-electron chi connectivity index (χ1n) is 4.07. The van der Waals surface area contributed by atoms with E-state index in [-0.39, 0.29) is 0 Å². The first-order valence-corrected chi connectivity index (χ1v) is 4.07. The average molecular weight is 174 g/mol. The predicted molar refractivity (Wildman–Crippen MR) is 52.4 cm³/mol. The lowest BCUT2D eigenvalue weighted by atomic mass is 10.1. The van der Waals surface area contributed by atoms with Crippen LogP contribution in [0.4, 0.5) is 0 Å². The average Bonchev–Trinajstić information content (AvgIpc) is 2.51. The highest BCUT2D eigenvalue weighted by molar-refractivity contribution is 5.99. The molecule has 0 bridgehead atoms. The maximum atomic E-state index is 8.42. The lowest BCUT2D eigenvalue weighted by molar-refractivity contribution is 0.322. The zero-order valence-corrected chi connectivity index (χ0v) is 7.28. The summed E-state index contributed by atoms with van der Waals surface area (Å²) < 4.78 is 0. The molecule has 1 aromatic carbocycles. The minimum absolute atomic E-state index is 0.904. The van der Waals surface area contributed by atoms with E-state index in [2.05, 4.69) is 10.1 Å². The Morgan fingerprint density at radius 3 is 3.08 bits per heavy atom. The molecule has 0 spiro atoms. The third-order valence-electron chi connectivity index (χ3n) is 2.15. The van der Waals surface area contributed by atoms with Crippen LogP contribution in [0.15, 0.2) is 29.6 Å². The van der Waals surface area contributed by atoms with Crippen LogP contribution in [0.25, 0.3) is 10.9 Å². The van der Waals surface area contributed by atoms with Crippen LogP contribution in [0.2, 0.25) is 0 Å². The van der Waals surface area contributed by atoms with Crippen molar-refractivity contribution in [3.05, 3.63) is 35.5 Å². The smallest absolute Gasteiger partial charge is 0.0755 e. The first-order chi connectivity index (χ1) is 6.33.